The molecule has 0 saturated heterocycles. The zero-order valence-electron chi connectivity index (χ0n) is 20.9. The predicted molar refractivity (Wildman–Crippen MR) is 136 cm³/mol. The summed E-state index contributed by atoms with van der Waals surface area (Å²) in [6.45, 7) is 1.84. The number of hydrogen-bond acceptors (Lipinski definition) is 10. The Morgan fingerprint density at radius 1 is 1.16 bits per heavy atom. The molecule has 198 valence electrons. The molecule has 1 fully saturated rings. The van der Waals surface area contributed by atoms with Crippen molar-refractivity contribution in [2.45, 2.75) is 44.8 Å². The summed E-state index contributed by atoms with van der Waals surface area (Å²) in [6, 6.07) is 6.98. The molecule has 0 spiro atoms. The number of nitrogens with one attached hydrogen (secondary N) is 2. The van der Waals surface area contributed by atoms with Crippen LogP contribution in [0.3, 0.4) is 0 Å². The molecule has 38 heavy (non-hydrogen) atoms. The van der Waals surface area contributed by atoms with Crippen molar-refractivity contribution in [2.75, 3.05) is 19.0 Å². The Labute approximate surface area is 216 Å². The van der Waals surface area contributed by atoms with Gasteiger partial charge < -0.3 is 24.5 Å². The monoisotopic (exact) mass is 521 g/mol. The van der Waals surface area contributed by atoms with E-state index in [0.717, 1.165) is 0 Å². The lowest BCUT2D eigenvalue weighted by Crippen LogP contribution is -2.32. The van der Waals surface area contributed by atoms with Crippen LogP contribution in [0.1, 0.15) is 43.1 Å². The standard InChI is InChI=1S/C25H27N7O6/c1-3-37-22(33)20-19-21(32(24(34)29-19)17-6-4-5-7-18(17)36-2)30-23(28-20)27-15-8-10-16(11-9-15)38-25(35)31-13-12-26-14-31/h4-7,12-16H,3,8-11H2,1-2H3,(H,29,34)(H,27,28,30)/t15-,16+. The van der Waals surface area contributed by atoms with Crippen LogP contribution < -0.4 is 15.7 Å². The second-order valence-corrected chi connectivity index (χ2v) is 8.72. The average molecular weight is 522 g/mol. The first-order valence-corrected chi connectivity index (χ1v) is 12.3. The highest BCUT2D eigenvalue weighted by Gasteiger charge is 2.27. The predicted octanol–water partition coefficient (Wildman–Crippen LogP) is 2.90. The number of benzene rings is 1. The van der Waals surface area contributed by atoms with Crippen molar-refractivity contribution >= 4 is 29.2 Å². The van der Waals surface area contributed by atoms with Crippen LogP contribution in [0.4, 0.5) is 10.7 Å². The summed E-state index contributed by atoms with van der Waals surface area (Å²) in [6.07, 6.45) is 6.42. The summed E-state index contributed by atoms with van der Waals surface area (Å²) < 4.78 is 18.8. The van der Waals surface area contributed by atoms with Gasteiger partial charge in [0.05, 0.1) is 19.4 Å². The van der Waals surface area contributed by atoms with Crippen molar-refractivity contribution in [1.82, 2.24) is 29.1 Å². The fraction of sp³-hybridized carbons (Fsp3) is 0.360. The number of methoxy groups -OCH3 is 1. The van der Waals surface area contributed by atoms with E-state index in [0.29, 0.717) is 37.1 Å². The number of nitrogens with zero attached hydrogens (tertiary/aromatic N) is 5. The fourth-order valence-corrected chi connectivity index (χ4v) is 4.51. The lowest BCUT2D eigenvalue weighted by molar-refractivity contribution is 0.0521. The molecule has 13 heteroatoms. The Bertz CT molecular complexity index is 1500. The molecular weight excluding hydrogens is 494 g/mol. The van der Waals surface area contributed by atoms with Gasteiger partial charge in [-0.3, -0.25) is 0 Å². The first-order valence-electron chi connectivity index (χ1n) is 12.3. The van der Waals surface area contributed by atoms with Crippen LogP contribution in [-0.4, -0.2) is 67.0 Å². The third kappa shape index (κ3) is 4.94. The van der Waals surface area contributed by atoms with Crippen molar-refractivity contribution in [3.05, 3.63) is 59.2 Å². The van der Waals surface area contributed by atoms with Gasteiger partial charge in [0.2, 0.25) is 5.95 Å². The van der Waals surface area contributed by atoms with Gasteiger partial charge in [0.1, 0.15) is 23.7 Å². The van der Waals surface area contributed by atoms with Crippen molar-refractivity contribution in [3.63, 3.8) is 0 Å². The third-order valence-electron chi connectivity index (χ3n) is 6.32. The Morgan fingerprint density at radius 3 is 2.66 bits per heavy atom. The molecule has 0 amide bonds. The number of rotatable bonds is 7. The molecule has 1 aliphatic carbocycles. The third-order valence-corrected chi connectivity index (χ3v) is 6.32. The normalized spacial score (nSPS) is 17.2. The van der Waals surface area contributed by atoms with Gasteiger partial charge in [0.25, 0.3) is 0 Å². The molecule has 1 saturated carbocycles. The maximum atomic E-state index is 13.0. The van der Waals surface area contributed by atoms with E-state index in [1.54, 1.807) is 31.2 Å². The van der Waals surface area contributed by atoms with E-state index in [9.17, 15) is 14.4 Å². The van der Waals surface area contributed by atoms with E-state index in [1.165, 1.54) is 35.0 Å². The molecule has 1 aromatic carbocycles. The van der Waals surface area contributed by atoms with Gasteiger partial charge in [-0.2, -0.15) is 4.98 Å². The zero-order chi connectivity index (χ0) is 26.6. The van der Waals surface area contributed by atoms with Gasteiger partial charge in [-0.25, -0.2) is 33.5 Å². The van der Waals surface area contributed by atoms with E-state index < -0.39 is 17.8 Å². The van der Waals surface area contributed by atoms with Crippen molar-refractivity contribution in [2.24, 2.45) is 0 Å². The molecule has 1 aliphatic rings. The molecule has 0 aliphatic heterocycles. The van der Waals surface area contributed by atoms with Crippen LogP contribution in [0.25, 0.3) is 16.9 Å². The first-order chi connectivity index (χ1) is 18.5. The minimum Gasteiger partial charge on any atom is -0.495 e. The largest absolute Gasteiger partial charge is 0.495 e. The summed E-state index contributed by atoms with van der Waals surface area (Å²) in [5, 5.41) is 3.28. The molecule has 0 unspecified atom stereocenters. The van der Waals surface area contributed by atoms with Crippen molar-refractivity contribution < 1.29 is 23.8 Å². The second-order valence-electron chi connectivity index (χ2n) is 8.72. The Kier molecular flexibility index (Phi) is 7.07. The number of imidazole rings is 2. The van der Waals surface area contributed by atoms with E-state index >= 15 is 0 Å². The van der Waals surface area contributed by atoms with E-state index in [-0.39, 0.29) is 41.6 Å². The molecule has 0 atom stereocenters. The van der Waals surface area contributed by atoms with Gasteiger partial charge in [-0.1, -0.05) is 12.1 Å². The summed E-state index contributed by atoms with van der Waals surface area (Å²) in [7, 11) is 1.51. The summed E-state index contributed by atoms with van der Waals surface area (Å²) in [5.74, 6) is -0.0292. The lowest BCUT2D eigenvalue weighted by Gasteiger charge is -2.28. The quantitative estimate of drug-likeness (QED) is 0.347. The zero-order valence-corrected chi connectivity index (χ0v) is 20.9. The number of carbonyl (C=O) groups excluding carboxylic acids is 2. The first kappa shape index (κ1) is 25.0. The van der Waals surface area contributed by atoms with Gasteiger partial charge in [-0.15, -0.1) is 0 Å². The van der Waals surface area contributed by atoms with Crippen molar-refractivity contribution in [3.8, 4) is 11.4 Å². The topological polar surface area (TPSA) is 155 Å². The minimum atomic E-state index is -0.675. The number of esters is 1. The Hall–Kier alpha value is -4.68. The number of fused-ring (bicyclic) bond motifs is 1. The minimum absolute atomic E-state index is 0.0314. The molecule has 2 N–H and O–H groups in total. The molecule has 3 heterocycles. The second kappa shape index (κ2) is 10.7. The van der Waals surface area contributed by atoms with Gasteiger partial charge >= 0.3 is 17.8 Å². The van der Waals surface area contributed by atoms with Crippen LogP contribution in [0, 0.1) is 0 Å². The SMILES string of the molecule is CCOC(=O)c1nc(N[C@H]2CC[C@@H](OC(=O)n3ccnc3)CC2)nc2c1[nH]c(=O)n2-c1ccccc1OC. The number of aromatic amines is 1. The fourth-order valence-electron chi connectivity index (χ4n) is 4.51. The number of H-pyrrole nitrogens is 1. The van der Waals surface area contributed by atoms with Crippen LogP contribution in [0.15, 0.2) is 47.8 Å². The number of hydrogen-bond donors (Lipinski definition) is 2. The maximum Gasteiger partial charge on any atom is 0.419 e. The number of anilines is 1. The van der Waals surface area contributed by atoms with Gasteiger partial charge in [-0.05, 0) is 44.7 Å². The van der Waals surface area contributed by atoms with Crippen molar-refractivity contribution in [1.29, 1.82) is 0 Å². The number of ether oxygens (including phenoxy) is 3. The van der Waals surface area contributed by atoms with E-state index in [1.807, 2.05) is 0 Å². The molecular formula is C25H27N7O6. The molecule has 13 nitrogen and oxygen atoms in total. The van der Waals surface area contributed by atoms with Crippen LogP contribution in [0.2, 0.25) is 0 Å². The lowest BCUT2D eigenvalue weighted by atomic mass is 9.93. The van der Waals surface area contributed by atoms with Crippen LogP contribution in [0.5, 0.6) is 5.75 Å². The highest BCUT2D eigenvalue weighted by atomic mass is 16.6. The summed E-state index contributed by atoms with van der Waals surface area (Å²) in [5.41, 5.74) is 0.295. The molecule has 0 bridgehead atoms. The molecule has 4 aromatic rings. The molecule has 3 aromatic heterocycles. The van der Waals surface area contributed by atoms with Crippen LogP contribution in [-0.2, 0) is 9.47 Å². The number of para-hydroxylation sites is 2. The van der Waals surface area contributed by atoms with Crippen LogP contribution >= 0.6 is 0 Å². The highest BCUT2D eigenvalue weighted by Crippen LogP contribution is 2.27. The highest BCUT2D eigenvalue weighted by molar-refractivity contribution is 5.99. The summed E-state index contributed by atoms with van der Waals surface area (Å²) in [4.78, 5) is 53.5. The molecule has 5 rings (SSSR count). The Balaban J connectivity index is 1.42. The average Bonchev–Trinajstić information content (AvgIpc) is 3.57. The number of aromatic nitrogens is 6. The maximum absolute atomic E-state index is 13.0. The Morgan fingerprint density at radius 2 is 1.95 bits per heavy atom. The van der Waals surface area contributed by atoms with Gasteiger partial charge in [0, 0.05) is 18.4 Å². The smallest absolute Gasteiger partial charge is 0.419 e. The summed E-state index contributed by atoms with van der Waals surface area (Å²) >= 11 is 0. The van der Waals surface area contributed by atoms with E-state index in [2.05, 4.69) is 25.3 Å². The number of carbonyl (C=O) groups is 2. The molecule has 0 radical (unpaired) electrons. The van der Waals surface area contributed by atoms with E-state index in [4.69, 9.17) is 14.2 Å². The van der Waals surface area contributed by atoms with Gasteiger partial charge in [0.15, 0.2) is 11.3 Å².